The van der Waals surface area contributed by atoms with Gasteiger partial charge in [-0.1, -0.05) is 57.6 Å². The van der Waals surface area contributed by atoms with Gasteiger partial charge in [0.05, 0.1) is 17.7 Å². The molecule has 2 amide bonds. The van der Waals surface area contributed by atoms with Crippen molar-refractivity contribution in [1.82, 2.24) is 9.29 Å². The highest BCUT2D eigenvalue weighted by Gasteiger charge is 2.23. The number of nitrogens with zero attached hydrogens (tertiary/aromatic N) is 2. The summed E-state index contributed by atoms with van der Waals surface area (Å²) < 4.78 is 16.0. The number of benzene rings is 3. The average Bonchev–Trinajstić information content (AvgIpc) is 3.45. The molecule has 0 fully saturated rings. The zero-order valence-corrected chi connectivity index (χ0v) is 25.5. The lowest BCUT2D eigenvalue weighted by Gasteiger charge is -2.25. The van der Waals surface area contributed by atoms with E-state index in [1.54, 1.807) is 47.2 Å². The number of carbonyl (C=O) groups excluding carboxylic acids is 2. The summed E-state index contributed by atoms with van der Waals surface area (Å²) in [6.45, 7) is 3.57. The van der Waals surface area contributed by atoms with Crippen LogP contribution in [0.2, 0.25) is 0 Å². The summed E-state index contributed by atoms with van der Waals surface area (Å²) in [6.07, 6.45) is 5.16. The minimum Gasteiger partial charge on any atom is -0.395 e. The number of nitrogens with two attached hydrogens (primary N) is 1. The van der Waals surface area contributed by atoms with E-state index < -0.39 is 11.8 Å². The molecule has 1 aromatic heterocycles. The number of aromatic nitrogens is 1. The molecule has 0 aliphatic carbocycles. The van der Waals surface area contributed by atoms with E-state index in [4.69, 9.17) is 5.73 Å². The average molecular weight is 605 g/mol. The minimum atomic E-state index is -1.21. The molecule has 4 N–H and O–H groups in total. The van der Waals surface area contributed by atoms with Gasteiger partial charge in [-0.3, -0.25) is 9.59 Å². The van der Waals surface area contributed by atoms with E-state index in [-0.39, 0.29) is 19.1 Å². The number of aliphatic hydroxyl groups is 1. The molecule has 2 unspecified atom stereocenters. The molecule has 10 heteroatoms. The third-order valence-corrected chi connectivity index (χ3v) is 9.00. The molecule has 0 saturated carbocycles. The Bertz CT molecular complexity index is 1670. The number of nitrogens with one attached hydrogen (secondary N) is 1. The monoisotopic (exact) mass is 604 g/mol. The molecule has 0 saturated heterocycles. The van der Waals surface area contributed by atoms with E-state index in [0.29, 0.717) is 27.9 Å². The van der Waals surface area contributed by atoms with Gasteiger partial charge in [0, 0.05) is 42.0 Å². The Morgan fingerprint density at radius 2 is 1.93 bits per heavy atom. The Balaban J connectivity index is 1.59. The smallest absolute Gasteiger partial charge is 0.258 e. The van der Waals surface area contributed by atoms with Crippen LogP contribution in [0.15, 0.2) is 66.7 Å². The number of primary amides is 1. The van der Waals surface area contributed by atoms with E-state index in [2.05, 4.69) is 36.9 Å². The van der Waals surface area contributed by atoms with E-state index >= 15 is 0 Å². The van der Waals surface area contributed by atoms with Crippen molar-refractivity contribution in [2.75, 3.05) is 37.4 Å². The Labute approximate surface area is 251 Å². The lowest BCUT2D eigenvalue weighted by atomic mass is 9.94. The van der Waals surface area contributed by atoms with E-state index in [1.807, 2.05) is 31.2 Å². The van der Waals surface area contributed by atoms with Crippen LogP contribution in [-0.2, 0) is 0 Å². The Morgan fingerprint density at radius 1 is 1.17 bits per heavy atom. The lowest BCUT2D eigenvalue weighted by molar-refractivity contribution is 0.0978. The van der Waals surface area contributed by atoms with Gasteiger partial charge in [0.1, 0.15) is 5.91 Å². The summed E-state index contributed by atoms with van der Waals surface area (Å²) in [4.78, 5) is 31.0. The maximum atomic E-state index is 13.7. The molecule has 218 valence electrons. The predicted molar refractivity (Wildman–Crippen MR) is 173 cm³/mol. The Morgan fingerprint density at radius 3 is 2.55 bits per heavy atom. The summed E-state index contributed by atoms with van der Waals surface area (Å²) in [5, 5.41) is 10.7. The summed E-state index contributed by atoms with van der Waals surface area (Å²) in [6, 6.07) is 17.8. The van der Waals surface area contributed by atoms with Crippen molar-refractivity contribution >= 4 is 55.2 Å². The highest BCUT2D eigenvalue weighted by Crippen LogP contribution is 2.38. The van der Waals surface area contributed by atoms with Crippen LogP contribution in [0, 0.1) is 6.92 Å². The predicted octanol–water partition coefficient (Wildman–Crippen LogP) is 6.09. The number of rotatable bonds is 9. The van der Waals surface area contributed by atoms with Crippen LogP contribution in [-0.4, -0.2) is 58.7 Å². The first-order valence-electron chi connectivity index (χ1n) is 13.7. The van der Waals surface area contributed by atoms with Gasteiger partial charge in [0.25, 0.3) is 11.8 Å². The molecule has 0 spiro atoms. The molecule has 1 aliphatic heterocycles. The first kappa shape index (κ1) is 30.0. The van der Waals surface area contributed by atoms with E-state index in [0.717, 1.165) is 47.3 Å². The number of hydrogen-bond donors (Lipinski definition) is 3. The van der Waals surface area contributed by atoms with Crippen LogP contribution >= 0.6 is 21.2 Å². The molecule has 1 aliphatic rings. The van der Waals surface area contributed by atoms with Gasteiger partial charge < -0.3 is 20.7 Å². The van der Waals surface area contributed by atoms with Crippen molar-refractivity contribution < 1.29 is 19.1 Å². The molecule has 2 atom stereocenters. The van der Waals surface area contributed by atoms with Crippen LogP contribution < -0.4 is 10.6 Å². The molecular weight excluding hydrogens is 570 g/mol. The van der Waals surface area contributed by atoms with Crippen molar-refractivity contribution in [2.24, 2.45) is 5.73 Å². The Hall–Kier alpha value is -3.49. The number of H-pyrrole nitrogens is 1. The quantitative estimate of drug-likeness (QED) is 0.159. The SMILES string of the molecule is CSN1CC=C(c2cc3c(-c4cccc(N(CCO)C(=O)c5ccc(C(F)P)cc5)c4C)ccc(C(N)=O)c3[nH]2)CC1. The standard InChI is InChI=1S/C32H34FN4O3PS/c1-19-23(4-3-5-28(19)37(16-17-38)32(40)22-8-6-21(7-9-22)30(33)41)24-10-11-25(31(34)39)29-26(24)18-27(35-29)20-12-14-36(42-2)15-13-20/h3-12,18,30,35,38H,13-17,41H2,1-2H3,(H2,34,39). The fourth-order valence-electron chi connectivity index (χ4n) is 5.50. The van der Waals surface area contributed by atoms with Crippen LogP contribution in [0.4, 0.5) is 10.1 Å². The second-order valence-corrected chi connectivity index (χ2v) is 11.7. The number of halogens is 1. The van der Waals surface area contributed by atoms with E-state index in [1.165, 1.54) is 5.57 Å². The summed E-state index contributed by atoms with van der Waals surface area (Å²) in [5.41, 5.74) is 13.1. The number of carbonyl (C=O) groups is 2. The normalized spacial score (nSPS) is 14.5. The van der Waals surface area contributed by atoms with Crippen molar-refractivity contribution in [1.29, 1.82) is 0 Å². The molecule has 4 aromatic rings. The summed E-state index contributed by atoms with van der Waals surface area (Å²) in [7, 11) is 2.10. The molecular formula is C32H34FN4O3PS. The highest BCUT2D eigenvalue weighted by molar-refractivity contribution is 7.96. The first-order valence-corrected chi connectivity index (χ1v) is 15.5. The highest BCUT2D eigenvalue weighted by atomic mass is 32.2. The molecule has 2 heterocycles. The van der Waals surface area contributed by atoms with Gasteiger partial charge in [-0.05, 0) is 77.8 Å². The topological polar surface area (TPSA) is 103 Å². The molecule has 0 radical (unpaired) electrons. The molecule has 5 rings (SSSR count). The van der Waals surface area contributed by atoms with E-state index in [9.17, 15) is 19.1 Å². The number of fused-ring (bicyclic) bond motifs is 1. The number of amides is 2. The van der Waals surface area contributed by atoms with Gasteiger partial charge in [-0.25, -0.2) is 8.70 Å². The molecule has 3 aromatic carbocycles. The number of hydrogen-bond acceptors (Lipinski definition) is 5. The maximum absolute atomic E-state index is 13.7. The third kappa shape index (κ3) is 5.88. The molecule has 0 bridgehead atoms. The van der Waals surface area contributed by atoms with Crippen molar-refractivity contribution in [3.05, 3.63) is 94.7 Å². The molecule has 7 nitrogen and oxygen atoms in total. The maximum Gasteiger partial charge on any atom is 0.258 e. The van der Waals surface area contributed by atoms with Crippen LogP contribution in [0.5, 0.6) is 0 Å². The van der Waals surface area contributed by atoms with Crippen LogP contribution in [0.25, 0.3) is 27.6 Å². The zero-order chi connectivity index (χ0) is 30.0. The number of anilines is 1. The fraction of sp³-hybridized carbons (Fsp3) is 0.250. The van der Waals surface area contributed by atoms with Crippen molar-refractivity contribution in [3.8, 4) is 11.1 Å². The largest absolute Gasteiger partial charge is 0.395 e. The van der Waals surface area contributed by atoms with Gasteiger partial charge in [0.15, 0.2) is 0 Å². The third-order valence-electron chi connectivity index (χ3n) is 7.77. The van der Waals surface area contributed by atoms with Crippen LogP contribution in [0.1, 0.15) is 49.9 Å². The second kappa shape index (κ2) is 12.8. The zero-order valence-electron chi connectivity index (χ0n) is 23.6. The van der Waals surface area contributed by atoms with Gasteiger partial charge in [-0.15, -0.1) is 0 Å². The molecule has 42 heavy (non-hydrogen) atoms. The first-order chi connectivity index (χ1) is 20.2. The Kier molecular flexibility index (Phi) is 9.13. The lowest BCUT2D eigenvalue weighted by Crippen LogP contribution is -2.34. The van der Waals surface area contributed by atoms with Gasteiger partial charge >= 0.3 is 0 Å². The van der Waals surface area contributed by atoms with Crippen molar-refractivity contribution in [2.45, 2.75) is 19.3 Å². The minimum absolute atomic E-state index is 0.0891. The second-order valence-electron chi connectivity index (χ2n) is 10.2. The van der Waals surface area contributed by atoms with Gasteiger partial charge in [0.2, 0.25) is 0 Å². The summed E-state index contributed by atoms with van der Waals surface area (Å²) >= 11 is 1.72. The fourth-order valence-corrected chi connectivity index (χ4v) is 6.22. The van der Waals surface area contributed by atoms with Crippen molar-refractivity contribution in [3.63, 3.8) is 0 Å². The van der Waals surface area contributed by atoms with Gasteiger partial charge in [-0.2, -0.15) is 0 Å². The number of aromatic amines is 1. The van der Waals surface area contributed by atoms with Crippen LogP contribution in [0.3, 0.4) is 0 Å². The number of aliphatic hydroxyl groups excluding tert-OH is 1. The number of alkyl halides is 1. The summed E-state index contributed by atoms with van der Waals surface area (Å²) in [5.74, 6) is -2.02.